The van der Waals surface area contributed by atoms with E-state index in [1.54, 1.807) is 0 Å². The molecule has 0 spiro atoms. The van der Waals surface area contributed by atoms with E-state index < -0.39 is 92.7 Å². The molecule has 2 fully saturated rings. The molecule has 15 heteroatoms. The maximum atomic E-state index is 13.0. The molecule has 0 aliphatic carbocycles. The predicted octanol–water partition coefficient (Wildman–Crippen LogP) is 7.16. The lowest BCUT2D eigenvalue weighted by atomic mass is 9.98. The van der Waals surface area contributed by atoms with Crippen LogP contribution in [-0.4, -0.2) is 142 Å². The highest BCUT2D eigenvalue weighted by Crippen LogP contribution is 2.26. The number of aliphatic hydroxyl groups excluding tert-OH is 7. The summed E-state index contributed by atoms with van der Waals surface area (Å²) in [6, 6.07) is 0. The maximum absolute atomic E-state index is 13.0. The van der Waals surface area contributed by atoms with Crippen LogP contribution in [0, 0.1) is 0 Å². The van der Waals surface area contributed by atoms with Crippen molar-refractivity contribution in [3.8, 4) is 0 Å². The molecule has 0 aromatic carbocycles. The van der Waals surface area contributed by atoms with Crippen molar-refractivity contribution < 1.29 is 73.8 Å². The lowest BCUT2D eigenvalue weighted by molar-refractivity contribution is -0.332. The molecular weight excluding hydrogens is 853 g/mol. The van der Waals surface area contributed by atoms with Crippen molar-refractivity contribution >= 4 is 11.9 Å². The Bertz CT molecular complexity index is 1250. The van der Waals surface area contributed by atoms with E-state index in [0.717, 1.165) is 70.6 Å². The van der Waals surface area contributed by atoms with Gasteiger partial charge >= 0.3 is 11.9 Å². The van der Waals surface area contributed by atoms with Gasteiger partial charge in [-0.1, -0.05) is 141 Å². The Morgan fingerprint density at radius 3 is 1.35 bits per heavy atom. The summed E-state index contributed by atoms with van der Waals surface area (Å²) in [6.07, 6.45) is 22.0. The molecule has 7 N–H and O–H groups in total. The summed E-state index contributed by atoms with van der Waals surface area (Å²) in [6.45, 7) is 2.56. The van der Waals surface area contributed by atoms with Gasteiger partial charge in [-0.15, -0.1) is 0 Å². The first-order valence-electron chi connectivity index (χ1n) is 25.9. The molecule has 0 amide bonds. The molecule has 386 valence electrons. The third-order valence-electron chi connectivity index (χ3n) is 12.4. The number of hydrogen-bond donors (Lipinski definition) is 7. The second-order valence-electron chi connectivity index (χ2n) is 18.3. The number of hydrogen-bond acceptors (Lipinski definition) is 15. The quantitative estimate of drug-likeness (QED) is 0.0184. The van der Waals surface area contributed by atoms with Crippen molar-refractivity contribution in [1.29, 1.82) is 0 Å². The van der Waals surface area contributed by atoms with E-state index in [9.17, 15) is 45.3 Å². The molecule has 0 radical (unpaired) electrons. The molecule has 0 aromatic heterocycles. The van der Waals surface area contributed by atoms with Gasteiger partial charge < -0.3 is 64.2 Å². The van der Waals surface area contributed by atoms with Crippen molar-refractivity contribution in [2.45, 2.75) is 261 Å². The van der Waals surface area contributed by atoms with E-state index in [4.69, 9.17) is 28.4 Å². The molecule has 2 heterocycles. The van der Waals surface area contributed by atoms with Crippen molar-refractivity contribution in [2.75, 3.05) is 26.4 Å². The Morgan fingerprint density at radius 2 is 0.864 bits per heavy atom. The minimum atomic E-state index is -1.76. The summed E-state index contributed by atoms with van der Waals surface area (Å²) < 4.78 is 33.6. The standard InChI is InChI=1S/C51H92O15/c1-3-5-7-9-11-13-15-17-18-19-20-22-24-26-28-30-32-34-43(54)64-39(36-61-42(53)33-31-29-27-25-23-21-16-14-12-10-8-6-4-2)37-62-50-49(60)47(58)45(56)41(66-50)38-63-51-48(59)46(57)44(55)40(35-52)65-51/h14,16-18,39-41,44-52,55-60H,3-13,15,19-38H2,1-2H3/b16-14+,18-17+/t39-,40+,41+,44-,45-,46?,47?,48?,49?,50+,51+/m1/s1. The molecule has 2 aliphatic heterocycles. The smallest absolute Gasteiger partial charge is 0.306 e. The predicted molar refractivity (Wildman–Crippen MR) is 252 cm³/mol. The van der Waals surface area contributed by atoms with Gasteiger partial charge in [0.1, 0.15) is 55.4 Å². The molecule has 15 nitrogen and oxygen atoms in total. The van der Waals surface area contributed by atoms with E-state index in [1.807, 2.05) is 0 Å². The van der Waals surface area contributed by atoms with Gasteiger partial charge in [-0.25, -0.2) is 0 Å². The van der Waals surface area contributed by atoms with Crippen LogP contribution in [0.4, 0.5) is 0 Å². The van der Waals surface area contributed by atoms with Gasteiger partial charge in [0.25, 0.3) is 0 Å². The lowest BCUT2D eigenvalue weighted by Crippen LogP contribution is -2.61. The fraction of sp³-hybridized carbons (Fsp3) is 0.882. The fourth-order valence-electron chi connectivity index (χ4n) is 8.09. The molecule has 0 bridgehead atoms. The number of rotatable bonds is 40. The van der Waals surface area contributed by atoms with Gasteiger partial charge in [0.2, 0.25) is 0 Å². The second kappa shape index (κ2) is 38.8. The number of ether oxygens (including phenoxy) is 6. The van der Waals surface area contributed by atoms with Gasteiger partial charge in [-0.05, 0) is 64.2 Å². The number of carbonyl (C=O) groups is 2. The molecule has 0 aromatic rings. The molecule has 66 heavy (non-hydrogen) atoms. The summed E-state index contributed by atoms with van der Waals surface area (Å²) in [5, 5.41) is 72.0. The Kier molecular flexibility index (Phi) is 35.3. The van der Waals surface area contributed by atoms with Crippen LogP contribution in [0.25, 0.3) is 0 Å². The Morgan fingerprint density at radius 1 is 0.470 bits per heavy atom. The van der Waals surface area contributed by atoms with E-state index in [-0.39, 0.29) is 26.1 Å². The normalized spacial score (nSPS) is 26.3. The van der Waals surface area contributed by atoms with E-state index in [2.05, 4.69) is 38.2 Å². The van der Waals surface area contributed by atoms with E-state index in [1.165, 1.54) is 83.5 Å². The zero-order valence-corrected chi connectivity index (χ0v) is 40.7. The van der Waals surface area contributed by atoms with Crippen LogP contribution in [-0.2, 0) is 38.0 Å². The van der Waals surface area contributed by atoms with Crippen LogP contribution in [0.1, 0.15) is 194 Å². The third kappa shape index (κ3) is 26.7. The van der Waals surface area contributed by atoms with Gasteiger partial charge in [-0.2, -0.15) is 0 Å². The molecule has 2 saturated heterocycles. The van der Waals surface area contributed by atoms with Crippen molar-refractivity contribution in [3.05, 3.63) is 24.3 Å². The van der Waals surface area contributed by atoms with Crippen LogP contribution in [0.2, 0.25) is 0 Å². The average Bonchev–Trinajstić information content (AvgIpc) is 3.31. The first-order chi connectivity index (χ1) is 32.0. The monoisotopic (exact) mass is 945 g/mol. The van der Waals surface area contributed by atoms with Gasteiger partial charge in [-0.3, -0.25) is 9.59 Å². The van der Waals surface area contributed by atoms with Crippen LogP contribution >= 0.6 is 0 Å². The average molecular weight is 945 g/mol. The van der Waals surface area contributed by atoms with E-state index >= 15 is 0 Å². The third-order valence-corrected chi connectivity index (χ3v) is 12.4. The first kappa shape index (κ1) is 60.1. The van der Waals surface area contributed by atoms with Crippen molar-refractivity contribution in [1.82, 2.24) is 0 Å². The highest BCUT2D eigenvalue weighted by molar-refractivity contribution is 5.70. The second-order valence-corrected chi connectivity index (χ2v) is 18.3. The molecular formula is C51H92O15. The highest BCUT2D eigenvalue weighted by atomic mass is 16.7. The fourth-order valence-corrected chi connectivity index (χ4v) is 8.09. The maximum Gasteiger partial charge on any atom is 0.306 e. The summed E-state index contributed by atoms with van der Waals surface area (Å²) in [5.41, 5.74) is 0. The number of esters is 2. The summed E-state index contributed by atoms with van der Waals surface area (Å²) in [5.74, 6) is -0.936. The van der Waals surface area contributed by atoms with Crippen molar-refractivity contribution in [3.63, 3.8) is 0 Å². The molecule has 2 aliphatic rings. The minimum absolute atomic E-state index is 0.160. The zero-order chi connectivity index (χ0) is 48.2. The van der Waals surface area contributed by atoms with Gasteiger partial charge in [0.05, 0.1) is 19.8 Å². The largest absolute Gasteiger partial charge is 0.462 e. The van der Waals surface area contributed by atoms with Crippen LogP contribution in [0.3, 0.4) is 0 Å². The SMILES string of the molecule is CCCCCC/C=C/CCCCCCCC(=O)OC[C@H](CO[C@H]1O[C@@H](CO[C@H]2O[C@@H](CO)[C@@H](O)C(O)C2O)[C@@H](O)C(O)C1O)OC(=O)CCCCCCCCC/C=C/CCCCCCCC. The zero-order valence-electron chi connectivity index (χ0n) is 40.7. The molecule has 2 rings (SSSR count). The van der Waals surface area contributed by atoms with Crippen LogP contribution < -0.4 is 0 Å². The number of carbonyl (C=O) groups excluding carboxylic acids is 2. The molecule has 11 atom stereocenters. The Hall–Kier alpha value is -2.02. The van der Waals surface area contributed by atoms with Crippen LogP contribution in [0.5, 0.6) is 0 Å². The van der Waals surface area contributed by atoms with E-state index in [0.29, 0.717) is 12.8 Å². The number of unbranched alkanes of at least 4 members (excludes halogenated alkanes) is 22. The lowest BCUT2D eigenvalue weighted by Gasteiger charge is -2.42. The number of allylic oxidation sites excluding steroid dienone is 4. The Balaban J connectivity index is 1.81. The summed E-state index contributed by atoms with van der Waals surface area (Å²) in [7, 11) is 0. The van der Waals surface area contributed by atoms with Gasteiger partial charge in [0, 0.05) is 12.8 Å². The highest BCUT2D eigenvalue weighted by Gasteiger charge is 2.47. The minimum Gasteiger partial charge on any atom is -0.462 e. The van der Waals surface area contributed by atoms with Crippen molar-refractivity contribution in [2.24, 2.45) is 0 Å². The molecule has 0 saturated carbocycles. The topological polar surface area (TPSA) is 231 Å². The van der Waals surface area contributed by atoms with Gasteiger partial charge in [0.15, 0.2) is 18.7 Å². The Labute approximate surface area is 396 Å². The summed E-state index contributed by atoms with van der Waals surface area (Å²) in [4.78, 5) is 25.7. The summed E-state index contributed by atoms with van der Waals surface area (Å²) >= 11 is 0. The first-order valence-corrected chi connectivity index (χ1v) is 25.9. The molecule has 4 unspecified atom stereocenters. The number of aliphatic hydroxyl groups is 7. The van der Waals surface area contributed by atoms with Crippen LogP contribution in [0.15, 0.2) is 24.3 Å².